The van der Waals surface area contributed by atoms with E-state index in [0.717, 1.165) is 23.0 Å². The number of carbonyl (C=O) groups is 1. The van der Waals surface area contributed by atoms with Gasteiger partial charge in [0.25, 0.3) is 5.91 Å². The van der Waals surface area contributed by atoms with Crippen molar-refractivity contribution in [3.05, 3.63) is 130 Å². The summed E-state index contributed by atoms with van der Waals surface area (Å²) in [6, 6.07) is 30.8. The van der Waals surface area contributed by atoms with Crippen molar-refractivity contribution >= 4 is 28.4 Å². The van der Waals surface area contributed by atoms with Gasteiger partial charge in [-0.25, -0.2) is 0 Å². The first-order chi connectivity index (χ1) is 17.8. The molecule has 0 aliphatic heterocycles. The Bertz CT molecular complexity index is 1580. The zero-order chi connectivity index (χ0) is 26.1. The average Bonchev–Trinajstić information content (AvgIpc) is 3.14. The van der Waals surface area contributed by atoms with Crippen LogP contribution < -0.4 is 5.32 Å². The van der Waals surface area contributed by atoms with Crippen LogP contribution >= 0.6 is 11.6 Å². The zero-order valence-electron chi connectivity index (χ0n) is 21.7. The predicted octanol–water partition coefficient (Wildman–Crippen LogP) is 8.43. The Morgan fingerprint density at radius 1 is 0.892 bits per heavy atom. The van der Waals surface area contributed by atoms with Gasteiger partial charge in [-0.2, -0.15) is 0 Å². The fourth-order valence-corrected chi connectivity index (χ4v) is 5.10. The Hall–Kier alpha value is -3.82. The number of nitrogens with one attached hydrogen (secondary N) is 1. The minimum atomic E-state index is -0.115. The van der Waals surface area contributed by atoms with Gasteiger partial charge in [0.15, 0.2) is 0 Å². The van der Waals surface area contributed by atoms with Gasteiger partial charge >= 0.3 is 0 Å². The number of aryl methyl sites for hydroxylation is 2. The van der Waals surface area contributed by atoms with Crippen LogP contribution in [-0.2, 0) is 6.54 Å². The Morgan fingerprint density at radius 2 is 1.59 bits per heavy atom. The van der Waals surface area contributed by atoms with Gasteiger partial charge in [-0.15, -0.1) is 0 Å². The first-order valence-corrected chi connectivity index (χ1v) is 13.0. The third kappa shape index (κ3) is 5.05. The smallest absolute Gasteiger partial charge is 0.251 e. The van der Waals surface area contributed by atoms with Gasteiger partial charge in [0.2, 0.25) is 0 Å². The highest BCUT2D eigenvalue weighted by atomic mass is 35.5. The average molecular weight is 507 g/mol. The number of hydrogen-bond acceptors (Lipinski definition) is 1. The number of rotatable bonds is 6. The second-order valence-electron chi connectivity index (χ2n) is 9.79. The van der Waals surface area contributed by atoms with E-state index in [1.54, 1.807) is 0 Å². The molecule has 5 rings (SSSR count). The number of carbonyl (C=O) groups excluding carboxylic acids is 1. The lowest BCUT2D eigenvalue weighted by molar-refractivity contribution is 0.0940. The van der Waals surface area contributed by atoms with E-state index >= 15 is 0 Å². The van der Waals surface area contributed by atoms with Crippen LogP contribution in [0.3, 0.4) is 0 Å². The van der Waals surface area contributed by atoms with Crippen molar-refractivity contribution in [2.75, 3.05) is 0 Å². The van der Waals surface area contributed by atoms with E-state index in [-0.39, 0.29) is 11.9 Å². The minimum absolute atomic E-state index is 0.0825. The van der Waals surface area contributed by atoms with Crippen LogP contribution in [0.1, 0.15) is 51.3 Å². The van der Waals surface area contributed by atoms with E-state index in [0.29, 0.717) is 10.6 Å². The van der Waals surface area contributed by atoms with E-state index in [9.17, 15) is 4.79 Å². The van der Waals surface area contributed by atoms with Crippen LogP contribution in [0.25, 0.3) is 22.0 Å². The van der Waals surface area contributed by atoms with Crippen LogP contribution in [0, 0.1) is 20.8 Å². The molecule has 0 aliphatic carbocycles. The van der Waals surface area contributed by atoms with Crippen molar-refractivity contribution < 1.29 is 4.79 Å². The largest absolute Gasteiger partial charge is 0.346 e. The third-order valence-corrected chi connectivity index (χ3v) is 7.62. The molecule has 4 heteroatoms. The van der Waals surface area contributed by atoms with Gasteiger partial charge in [0.1, 0.15) is 0 Å². The van der Waals surface area contributed by atoms with Crippen LogP contribution in [-0.4, -0.2) is 10.5 Å². The van der Waals surface area contributed by atoms with E-state index in [1.807, 2.05) is 43.3 Å². The van der Waals surface area contributed by atoms with Gasteiger partial charge in [0, 0.05) is 33.7 Å². The summed E-state index contributed by atoms with van der Waals surface area (Å²) in [5.41, 5.74) is 10.3. The van der Waals surface area contributed by atoms with Crippen molar-refractivity contribution in [3.63, 3.8) is 0 Å². The summed E-state index contributed by atoms with van der Waals surface area (Å²) in [5.74, 6) is -0.0825. The molecule has 0 unspecified atom stereocenters. The van der Waals surface area contributed by atoms with E-state index in [2.05, 4.69) is 85.3 Å². The number of benzene rings is 4. The summed E-state index contributed by atoms with van der Waals surface area (Å²) in [5, 5.41) is 4.91. The van der Waals surface area contributed by atoms with Crippen LogP contribution in [0.4, 0.5) is 0 Å². The Morgan fingerprint density at radius 3 is 2.30 bits per heavy atom. The normalized spacial score (nSPS) is 12.0. The number of aromatic nitrogens is 1. The van der Waals surface area contributed by atoms with Crippen LogP contribution in [0.2, 0.25) is 5.02 Å². The summed E-state index contributed by atoms with van der Waals surface area (Å²) >= 11 is 6.00. The van der Waals surface area contributed by atoms with Crippen molar-refractivity contribution in [3.8, 4) is 11.1 Å². The van der Waals surface area contributed by atoms with E-state index < -0.39 is 0 Å². The fourth-order valence-electron chi connectivity index (χ4n) is 4.98. The number of halogens is 1. The lowest BCUT2D eigenvalue weighted by atomic mass is 9.99. The number of nitrogens with zero attached hydrogens (tertiary/aromatic N) is 1. The molecule has 0 aliphatic rings. The monoisotopic (exact) mass is 506 g/mol. The molecular weight excluding hydrogens is 476 g/mol. The summed E-state index contributed by atoms with van der Waals surface area (Å²) in [6.07, 6.45) is 0. The summed E-state index contributed by atoms with van der Waals surface area (Å²) in [7, 11) is 0. The quantitative estimate of drug-likeness (QED) is 0.246. The molecular formula is C33H31ClN2O. The van der Waals surface area contributed by atoms with Gasteiger partial charge in [-0.3, -0.25) is 4.79 Å². The number of hydrogen-bond donors (Lipinski definition) is 1. The van der Waals surface area contributed by atoms with E-state index in [1.165, 1.54) is 33.5 Å². The maximum atomic E-state index is 13.1. The third-order valence-electron chi connectivity index (χ3n) is 7.37. The number of fused-ring (bicyclic) bond motifs is 1. The highest BCUT2D eigenvalue weighted by molar-refractivity contribution is 6.30. The van der Waals surface area contributed by atoms with Crippen molar-refractivity contribution in [2.45, 2.75) is 40.3 Å². The molecule has 1 aromatic heterocycles. The van der Waals surface area contributed by atoms with Crippen LogP contribution in [0.15, 0.2) is 91.0 Å². The Kier molecular flexibility index (Phi) is 6.90. The van der Waals surface area contributed by atoms with Gasteiger partial charge in [-0.1, -0.05) is 72.3 Å². The molecule has 0 fully saturated rings. The topological polar surface area (TPSA) is 34.0 Å². The van der Waals surface area contributed by atoms with Crippen molar-refractivity contribution in [2.24, 2.45) is 0 Å². The minimum Gasteiger partial charge on any atom is -0.346 e. The highest BCUT2D eigenvalue weighted by Crippen LogP contribution is 2.29. The van der Waals surface area contributed by atoms with E-state index in [4.69, 9.17) is 11.6 Å². The molecule has 4 aromatic carbocycles. The molecule has 1 heterocycles. The molecule has 186 valence electrons. The molecule has 1 atom stereocenters. The van der Waals surface area contributed by atoms with Gasteiger partial charge in [-0.05, 0) is 91.4 Å². The Balaban J connectivity index is 1.38. The van der Waals surface area contributed by atoms with Gasteiger partial charge < -0.3 is 9.88 Å². The van der Waals surface area contributed by atoms with Gasteiger partial charge in [0.05, 0.1) is 6.04 Å². The zero-order valence-corrected chi connectivity index (χ0v) is 22.4. The Labute approximate surface area is 223 Å². The molecule has 5 aromatic rings. The molecule has 1 N–H and O–H groups in total. The standard InChI is InChI=1S/C33H31ClN2O/c1-21-7-5-6-8-30(21)27-11-9-25(10-12-27)20-36-24(4)22(2)31-19-28(15-18-32(31)36)33(37)35-23(3)26-13-16-29(34)17-14-26/h5-19,23H,20H2,1-4H3,(H,35,37)/t23-/m0/s1. The summed E-state index contributed by atoms with van der Waals surface area (Å²) in [6.45, 7) is 9.19. The molecule has 0 saturated heterocycles. The maximum absolute atomic E-state index is 13.1. The number of amides is 1. The summed E-state index contributed by atoms with van der Waals surface area (Å²) < 4.78 is 2.34. The molecule has 37 heavy (non-hydrogen) atoms. The SMILES string of the molecule is Cc1ccccc1-c1ccc(Cn2c(C)c(C)c3cc(C(=O)N[C@@H](C)c4ccc(Cl)cc4)ccc32)cc1. The highest BCUT2D eigenvalue weighted by Gasteiger charge is 2.16. The molecule has 3 nitrogen and oxygen atoms in total. The molecule has 0 bridgehead atoms. The molecule has 0 spiro atoms. The first kappa shape index (κ1) is 24.9. The lowest BCUT2D eigenvalue weighted by Gasteiger charge is -2.15. The predicted molar refractivity (Wildman–Crippen MR) is 154 cm³/mol. The van der Waals surface area contributed by atoms with Crippen LogP contribution in [0.5, 0.6) is 0 Å². The maximum Gasteiger partial charge on any atom is 0.251 e. The lowest BCUT2D eigenvalue weighted by Crippen LogP contribution is -2.26. The van der Waals surface area contributed by atoms with Crippen molar-refractivity contribution in [1.82, 2.24) is 9.88 Å². The molecule has 0 radical (unpaired) electrons. The summed E-state index contributed by atoms with van der Waals surface area (Å²) in [4.78, 5) is 13.1. The molecule has 0 saturated carbocycles. The second kappa shape index (κ2) is 10.3. The van der Waals surface area contributed by atoms with Crippen molar-refractivity contribution in [1.29, 1.82) is 0 Å². The second-order valence-corrected chi connectivity index (χ2v) is 10.2. The molecule has 1 amide bonds. The fraction of sp³-hybridized carbons (Fsp3) is 0.182. The first-order valence-electron chi connectivity index (χ1n) is 12.6.